The normalized spacial score (nSPS) is 21.6. The molecule has 0 atom stereocenters. The molecular weight excluding hydrogens is 394 g/mol. The third-order valence-electron chi connectivity index (χ3n) is 7.28. The summed E-state index contributed by atoms with van der Waals surface area (Å²) in [4.78, 5) is 25.4. The minimum atomic E-state index is -0.273. The van der Waals surface area contributed by atoms with Crippen LogP contribution in [0.1, 0.15) is 81.0 Å². The van der Waals surface area contributed by atoms with Crippen LogP contribution in [-0.2, 0) is 33.7 Å². The van der Waals surface area contributed by atoms with E-state index in [0.717, 1.165) is 81.5 Å². The predicted molar refractivity (Wildman–Crippen MR) is 117 cm³/mol. The van der Waals surface area contributed by atoms with Gasteiger partial charge in [-0.25, -0.2) is 0 Å². The molecule has 3 aliphatic rings. The fourth-order valence-electron chi connectivity index (χ4n) is 5.30. The Morgan fingerprint density at radius 1 is 1.29 bits per heavy atom. The molecule has 1 N–H and O–H groups in total. The maximum absolute atomic E-state index is 13.0. The lowest BCUT2D eigenvalue weighted by molar-refractivity contribution is -0.151. The number of aromatic nitrogens is 2. The van der Waals surface area contributed by atoms with E-state index >= 15 is 0 Å². The third kappa shape index (κ3) is 4.81. The number of carbonyl (C=O) groups excluding carboxylic acids is 2. The predicted octanol–water partition coefficient (Wildman–Crippen LogP) is 3.29. The number of fused-ring (bicyclic) bond motifs is 1. The summed E-state index contributed by atoms with van der Waals surface area (Å²) in [6.45, 7) is 9.41. The molecular formula is C24H37N3O4. The summed E-state index contributed by atoms with van der Waals surface area (Å²) in [6, 6.07) is 0. The second-order valence-corrected chi connectivity index (χ2v) is 10.5. The minimum absolute atomic E-state index is 0.00747. The Morgan fingerprint density at radius 2 is 2.00 bits per heavy atom. The van der Waals surface area contributed by atoms with E-state index in [2.05, 4.69) is 19.2 Å². The number of hydrogen-bond acceptors (Lipinski definition) is 5. The molecule has 172 valence electrons. The first-order valence-electron chi connectivity index (χ1n) is 11.9. The quantitative estimate of drug-likeness (QED) is 0.699. The van der Waals surface area contributed by atoms with Crippen molar-refractivity contribution in [3.8, 4) is 0 Å². The molecule has 2 fully saturated rings. The minimum Gasteiger partial charge on any atom is -0.465 e. The Labute approximate surface area is 185 Å². The first-order chi connectivity index (χ1) is 14.8. The molecule has 7 heteroatoms. The lowest BCUT2D eigenvalue weighted by Gasteiger charge is -2.36. The summed E-state index contributed by atoms with van der Waals surface area (Å²) >= 11 is 0. The van der Waals surface area contributed by atoms with Crippen LogP contribution in [0.4, 0.5) is 0 Å². The van der Waals surface area contributed by atoms with Crippen molar-refractivity contribution >= 4 is 11.9 Å². The molecule has 1 saturated heterocycles. The van der Waals surface area contributed by atoms with Crippen LogP contribution in [0, 0.1) is 16.7 Å². The van der Waals surface area contributed by atoms with E-state index in [1.54, 1.807) is 0 Å². The lowest BCUT2D eigenvalue weighted by atomic mass is 9.76. The van der Waals surface area contributed by atoms with Gasteiger partial charge >= 0.3 is 5.97 Å². The maximum Gasteiger partial charge on any atom is 0.308 e. The number of aryl methyl sites for hydroxylation is 1. The average Bonchev–Trinajstić information content (AvgIpc) is 3.37. The van der Waals surface area contributed by atoms with Crippen molar-refractivity contribution in [1.82, 2.24) is 15.1 Å². The van der Waals surface area contributed by atoms with Crippen molar-refractivity contribution in [2.75, 3.05) is 26.4 Å². The molecule has 4 rings (SSSR count). The molecule has 1 saturated carbocycles. The van der Waals surface area contributed by atoms with E-state index in [1.807, 2.05) is 11.6 Å². The molecule has 0 aromatic carbocycles. The first kappa shape index (κ1) is 22.3. The highest BCUT2D eigenvalue weighted by atomic mass is 16.5. The molecule has 0 unspecified atom stereocenters. The highest BCUT2D eigenvalue weighted by Gasteiger charge is 2.40. The van der Waals surface area contributed by atoms with Gasteiger partial charge in [-0.3, -0.25) is 14.3 Å². The molecule has 1 aromatic heterocycles. The smallest absolute Gasteiger partial charge is 0.308 e. The first-order valence-corrected chi connectivity index (χ1v) is 11.9. The largest absolute Gasteiger partial charge is 0.465 e. The van der Waals surface area contributed by atoms with Crippen LogP contribution in [0.2, 0.25) is 0 Å². The monoisotopic (exact) mass is 431 g/mol. The third-order valence-corrected chi connectivity index (χ3v) is 7.28. The molecule has 0 bridgehead atoms. The van der Waals surface area contributed by atoms with Crippen molar-refractivity contribution in [3.63, 3.8) is 0 Å². The number of rotatable bonds is 6. The van der Waals surface area contributed by atoms with Gasteiger partial charge in [-0.05, 0) is 43.9 Å². The fourth-order valence-corrected chi connectivity index (χ4v) is 5.30. The van der Waals surface area contributed by atoms with E-state index in [4.69, 9.17) is 14.6 Å². The maximum atomic E-state index is 13.0. The zero-order chi connectivity index (χ0) is 22.1. The molecule has 0 radical (unpaired) electrons. The second-order valence-electron chi connectivity index (χ2n) is 10.5. The number of nitrogens with zero attached hydrogens (tertiary/aromatic N) is 2. The zero-order valence-corrected chi connectivity index (χ0v) is 19.3. The molecule has 1 aliphatic carbocycles. The molecule has 1 amide bonds. The van der Waals surface area contributed by atoms with E-state index in [-0.39, 0.29) is 28.6 Å². The molecule has 7 nitrogen and oxygen atoms in total. The molecule has 3 heterocycles. The van der Waals surface area contributed by atoms with Crippen molar-refractivity contribution in [2.24, 2.45) is 16.7 Å². The number of nitrogens with one attached hydrogen (secondary N) is 1. The highest BCUT2D eigenvalue weighted by molar-refractivity contribution is 5.97. The van der Waals surface area contributed by atoms with Gasteiger partial charge < -0.3 is 14.8 Å². The summed E-state index contributed by atoms with van der Waals surface area (Å²) in [5.74, 6) is 0.00660. The average molecular weight is 432 g/mol. The van der Waals surface area contributed by atoms with E-state index in [1.165, 1.54) is 0 Å². The van der Waals surface area contributed by atoms with Crippen molar-refractivity contribution in [3.05, 3.63) is 17.0 Å². The van der Waals surface area contributed by atoms with Crippen LogP contribution in [0.25, 0.3) is 0 Å². The van der Waals surface area contributed by atoms with Gasteiger partial charge in [0.25, 0.3) is 5.91 Å². The Morgan fingerprint density at radius 3 is 2.68 bits per heavy atom. The number of ether oxygens (including phenoxy) is 2. The van der Waals surface area contributed by atoms with Crippen LogP contribution in [0.5, 0.6) is 0 Å². The van der Waals surface area contributed by atoms with Crippen molar-refractivity contribution < 1.29 is 19.1 Å². The molecule has 1 aromatic rings. The zero-order valence-electron chi connectivity index (χ0n) is 19.3. The van der Waals surface area contributed by atoms with Gasteiger partial charge in [0.2, 0.25) is 0 Å². The summed E-state index contributed by atoms with van der Waals surface area (Å²) in [6.07, 6.45) is 7.59. The van der Waals surface area contributed by atoms with Gasteiger partial charge in [-0.2, -0.15) is 5.10 Å². The SMILES string of the molecule is CCc1nn(CC(C)(C)COC(=O)C2CCCC2)c2c1C(=O)NCC1(CCOCC1)C2. The van der Waals surface area contributed by atoms with E-state index < -0.39 is 0 Å². The Kier molecular flexibility index (Phi) is 6.42. The molecule has 31 heavy (non-hydrogen) atoms. The van der Waals surface area contributed by atoms with Crippen LogP contribution in [-0.4, -0.2) is 48.0 Å². The number of hydrogen-bond donors (Lipinski definition) is 1. The van der Waals surface area contributed by atoms with E-state index in [0.29, 0.717) is 19.7 Å². The van der Waals surface area contributed by atoms with E-state index in [9.17, 15) is 9.59 Å². The van der Waals surface area contributed by atoms with Gasteiger partial charge in [0.1, 0.15) is 0 Å². The molecule has 2 aliphatic heterocycles. The van der Waals surface area contributed by atoms with Gasteiger partial charge in [0.05, 0.1) is 29.5 Å². The van der Waals surface area contributed by atoms with Crippen LogP contribution in [0.15, 0.2) is 0 Å². The number of esters is 1. The summed E-state index contributed by atoms with van der Waals surface area (Å²) in [5.41, 5.74) is 2.40. The topological polar surface area (TPSA) is 82.5 Å². The Balaban J connectivity index is 1.54. The van der Waals surface area contributed by atoms with Gasteiger partial charge in [0.15, 0.2) is 0 Å². The standard InChI is InChI=1S/C24H37N3O4/c1-4-18-20-19(13-24(14-25-21(20)28)9-11-30-12-10-24)27(26-18)15-23(2,3)16-31-22(29)17-7-5-6-8-17/h17H,4-16H2,1-3H3,(H,25,28). The molecule has 1 spiro atoms. The fraction of sp³-hybridized carbons (Fsp3) is 0.792. The van der Waals surface area contributed by atoms with Gasteiger partial charge in [-0.15, -0.1) is 0 Å². The van der Waals surface area contributed by atoms with Crippen molar-refractivity contribution in [1.29, 1.82) is 0 Å². The van der Waals surface area contributed by atoms with Crippen LogP contribution < -0.4 is 5.32 Å². The Hall–Kier alpha value is -1.89. The summed E-state index contributed by atoms with van der Waals surface area (Å²) in [7, 11) is 0. The lowest BCUT2D eigenvalue weighted by Crippen LogP contribution is -2.41. The number of amides is 1. The second kappa shape index (κ2) is 8.93. The number of carbonyl (C=O) groups is 2. The summed E-state index contributed by atoms with van der Waals surface area (Å²) in [5, 5.41) is 8.02. The Bertz CT molecular complexity index is 817. The van der Waals surface area contributed by atoms with Crippen molar-refractivity contribution in [2.45, 2.75) is 78.7 Å². The summed E-state index contributed by atoms with van der Waals surface area (Å²) < 4.78 is 13.4. The van der Waals surface area contributed by atoms with Crippen LogP contribution in [0.3, 0.4) is 0 Å². The highest BCUT2D eigenvalue weighted by Crippen LogP contribution is 2.38. The van der Waals surface area contributed by atoms with Gasteiger partial charge in [-0.1, -0.05) is 33.6 Å². The van der Waals surface area contributed by atoms with Crippen LogP contribution >= 0.6 is 0 Å². The van der Waals surface area contributed by atoms with Gasteiger partial charge in [0, 0.05) is 31.7 Å².